The third kappa shape index (κ3) is 1.45. The van der Waals surface area contributed by atoms with Crippen molar-refractivity contribution < 1.29 is 31.6 Å². The van der Waals surface area contributed by atoms with Gasteiger partial charge in [0.15, 0.2) is 5.83 Å². The van der Waals surface area contributed by atoms with E-state index in [2.05, 4.69) is 11.3 Å². The summed E-state index contributed by atoms with van der Waals surface area (Å²) in [5.74, 6) is -13.4. The van der Waals surface area contributed by atoms with E-state index in [1.807, 2.05) is 0 Å². The lowest BCUT2D eigenvalue weighted by Gasteiger charge is -2.27. The van der Waals surface area contributed by atoms with Gasteiger partial charge >= 0.3 is 17.9 Å². The molecule has 1 heterocycles. The summed E-state index contributed by atoms with van der Waals surface area (Å²) in [5, 5.41) is -1.36. The zero-order valence-electron chi connectivity index (χ0n) is 7.02. The fourth-order valence-corrected chi connectivity index (χ4v) is 0.828. The van der Waals surface area contributed by atoms with E-state index in [1.54, 1.807) is 0 Å². The average Bonchev–Trinajstić information content (AvgIpc) is 2.28. The first-order chi connectivity index (χ1) is 6.75. The van der Waals surface area contributed by atoms with Crippen molar-refractivity contribution >= 4 is 5.97 Å². The number of nitrogens with zero attached hydrogens (tertiary/aromatic N) is 1. The van der Waals surface area contributed by atoms with Crippen molar-refractivity contribution in [3.05, 3.63) is 24.7 Å². The van der Waals surface area contributed by atoms with Crippen LogP contribution in [0.3, 0.4) is 0 Å². The van der Waals surface area contributed by atoms with E-state index in [4.69, 9.17) is 0 Å². The minimum atomic E-state index is -4.90. The maximum atomic E-state index is 13.2. The second-order valence-electron chi connectivity index (χ2n) is 2.55. The molecule has 0 radical (unpaired) electrons. The van der Waals surface area contributed by atoms with Crippen LogP contribution < -0.4 is 0 Å². The van der Waals surface area contributed by atoms with Gasteiger partial charge in [0, 0.05) is 6.08 Å². The van der Waals surface area contributed by atoms with Gasteiger partial charge in [0.05, 0.1) is 6.20 Å². The maximum absolute atomic E-state index is 13.2. The highest BCUT2D eigenvalue weighted by molar-refractivity contribution is 5.81. The third-order valence-electron chi connectivity index (χ3n) is 1.59. The fraction of sp³-hybridized carbons (Fsp3) is 0.286. The zero-order chi connectivity index (χ0) is 11.9. The van der Waals surface area contributed by atoms with Gasteiger partial charge in [-0.3, -0.25) is 0 Å². The van der Waals surface area contributed by atoms with Crippen LogP contribution in [0.1, 0.15) is 0 Å². The Hall–Kier alpha value is -1.60. The highest BCUT2D eigenvalue weighted by Gasteiger charge is 2.70. The van der Waals surface area contributed by atoms with Crippen LogP contribution in [0.4, 0.5) is 22.0 Å². The molecule has 0 spiro atoms. The molecule has 1 aliphatic heterocycles. The highest BCUT2D eigenvalue weighted by Crippen LogP contribution is 2.48. The van der Waals surface area contributed by atoms with Gasteiger partial charge < -0.3 is 4.74 Å². The molecule has 0 saturated heterocycles. The van der Waals surface area contributed by atoms with Crippen LogP contribution in [0.15, 0.2) is 24.7 Å². The first-order valence-corrected chi connectivity index (χ1v) is 3.50. The largest absolute Gasteiger partial charge is 0.432 e. The first-order valence-electron chi connectivity index (χ1n) is 3.50. The van der Waals surface area contributed by atoms with Crippen molar-refractivity contribution in [2.75, 3.05) is 0 Å². The minimum absolute atomic E-state index is 0.335. The van der Waals surface area contributed by atoms with E-state index >= 15 is 0 Å². The zero-order valence-corrected chi connectivity index (χ0v) is 7.02. The minimum Gasteiger partial charge on any atom is -0.400 e. The molecule has 1 rings (SSSR count). The van der Waals surface area contributed by atoms with Crippen LogP contribution in [0, 0.1) is 0 Å². The smallest absolute Gasteiger partial charge is 0.400 e. The molecule has 0 fully saturated rings. The summed E-state index contributed by atoms with van der Waals surface area (Å²) in [6.45, 7) is 2.79. The van der Waals surface area contributed by atoms with Crippen molar-refractivity contribution in [2.45, 2.75) is 11.9 Å². The highest BCUT2D eigenvalue weighted by atomic mass is 19.3. The third-order valence-corrected chi connectivity index (χ3v) is 1.59. The van der Waals surface area contributed by atoms with Gasteiger partial charge in [0.25, 0.3) is 0 Å². The SMILES string of the molecule is C=CC(=O)OC1(F)N(F)C=C(F)C1(F)F. The molecule has 3 nitrogen and oxygen atoms in total. The Morgan fingerprint density at radius 3 is 2.40 bits per heavy atom. The Labute approximate surface area is 80.3 Å². The Kier molecular flexibility index (Phi) is 2.46. The molecule has 0 aromatic rings. The van der Waals surface area contributed by atoms with Gasteiger partial charge in [-0.25, -0.2) is 9.18 Å². The number of hydrogen-bond donors (Lipinski definition) is 0. The van der Waals surface area contributed by atoms with Crippen LogP contribution in [0.2, 0.25) is 0 Å². The molecule has 1 unspecified atom stereocenters. The predicted molar refractivity (Wildman–Crippen MR) is 37.2 cm³/mol. The number of carbonyl (C=O) groups is 1. The second kappa shape index (κ2) is 3.21. The molecule has 0 aromatic heterocycles. The van der Waals surface area contributed by atoms with Crippen LogP contribution >= 0.6 is 0 Å². The van der Waals surface area contributed by atoms with Crippen molar-refractivity contribution in [2.24, 2.45) is 0 Å². The topological polar surface area (TPSA) is 29.5 Å². The van der Waals surface area contributed by atoms with Crippen LogP contribution in [0.25, 0.3) is 0 Å². The van der Waals surface area contributed by atoms with Crippen LogP contribution in [0.5, 0.6) is 0 Å². The van der Waals surface area contributed by atoms with Crippen molar-refractivity contribution in [3.8, 4) is 0 Å². The van der Waals surface area contributed by atoms with Crippen LogP contribution in [-0.4, -0.2) is 23.0 Å². The van der Waals surface area contributed by atoms with Gasteiger partial charge in [0.2, 0.25) is 0 Å². The van der Waals surface area contributed by atoms with E-state index in [0.717, 1.165) is 0 Å². The number of esters is 1. The lowest BCUT2D eigenvalue weighted by atomic mass is 10.3. The number of halogens is 5. The number of carbonyl (C=O) groups excluding carboxylic acids is 1. The monoisotopic (exact) mass is 229 g/mol. The molecule has 1 aliphatic rings. The van der Waals surface area contributed by atoms with Crippen molar-refractivity contribution in [3.63, 3.8) is 0 Å². The van der Waals surface area contributed by atoms with Crippen molar-refractivity contribution in [1.29, 1.82) is 0 Å². The lowest BCUT2D eigenvalue weighted by molar-refractivity contribution is -0.334. The van der Waals surface area contributed by atoms with Gasteiger partial charge in [-0.2, -0.15) is 13.2 Å². The lowest BCUT2D eigenvalue weighted by Crippen LogP contribution is -2.51. The van der Waals surface area contributed by atoms with Crippen molar-refractivity contribution in [1.82, 2.24) is 5.12 Å². The molecule has 0 aromatic carbocycles. The summed E-state index contributed by atoms with van der Waals surface area (Å²) < 4.78 is 67.0. The number of rotatable bonds is 2. The Morgan fingerprint density at radius 1 is 1.53 bits per heavy atom. The first kappa shape index (κ1) is 11.5. The number of alkyl halides is 3. The summed E-state index contributed by atoms with van der Waals surface area (Å²) in [6, 6.07) is 0. The molecule has 15 heavy (non-hydrogen) atoms. The van der Waals surface area contributed by atoms with Gasteiger partial charge in [-0.05, 0) is 0 Å². The predicted octanol–water partition coefficient (Wildman–Crippen LogP) is 1.99. The average molecular weight is 229 g/mol. The van der Waals surface area contributed by atoms with E-state index in [-0.39, 0.29) is 0 Å². The molecule has 1 atom stereocenters. The molecule has 84 valence electrons. The Balaban J connectivity index is 3.03. The molecular weight excluding hydrogens is 225 g/mol. The van der Waals surface area contributed by atoms with E-state index < -0.39 is 35.0 Å². The van der Waals surface area contributed by atoms with Gasteiger partial charge in [0.1, 0.15) is 0 Å². The maximum Gasteiger partial charge on any atom is 0.432 e. The number of ether oxygens (including phenoxy) is 1. The molecule has 0 bridgehead atoms. The molecule has 0 saturated carbocycles. The summed E-state index contributed by atoms with van der Waals surface area (Å²) in [7, 11) is 0. The van der Waals surface area contributed by atoms with E-state index in [1.165, 1.54) is 0 Å². The Morgan fingerprint density at radius 2 is 2.07 bits per heavy atom. The summed E-state index contributed by atoms with van der Waals surface area (Å²) in [4.78, 5) is 10.5. The fourth-order valence-electron chi connectivity index (χ4n) is 0.828. The summed E-state index contributed by atoms with van der Waals surface area (Å²) >= 11 is 0. The summed E-state index contributed by atoms with van der Waals surface area (Å²) in [6.07, 6.45) is -0.113. The molecular formula is C7H4F5NO2. The second-order valence-corrected chi connectivity index (χ2v) is 2.55. The van der Waals surface area contributed by atoms with Gasteiger partial charge in [-0.1, -0.05) is 11.1 Å². The molecule has 0 amide bonds. The molecule has 0 N–H and O–H groups in total. The van der Waals surface area contributed by atoms with Crippen LogP contribution in [-0.2, 0) is 9.53 Å². The Bertz CT molecular complexity index is 342. The summed E-state index contributed by atoms with van der Waals surface area (Å²) in [5.41, 5.74) is 0. The normalized spacial score (nSPS) is 28.6. The standard InChI is InChI=1S/C7H4F5NO2/c1-2-5(14)15-7(11)6(9,10)4(8)3-13(7)12/h2-3H,1H2. The molecule has 0 aliphatic carbocycles. The number of hydrogen-bond acceptors (Lipinski definition) is 3. The quantitative estimate of drug-likeness (QED) is 0.238. The van der Waals surface area contributed by atoms with E-state index in [0.29, 0.717) is 6.08 Å². The van der Waals surface area contributed by atoms with E-state index in [9.17, 15) is 26.8 Å². The van der Waals surface area contributed by atoms with Gasteiger partial charge in [-0.15, -0.1) is 5.12 Å². The molecule has 8 heteroatoms.